The highest BCUT2D eigenvalue weighted by Crippen LogP contribution is 2.21. The molecule has 2 heterocycles. The number of nitrogens with one attached hydrogen (secondary N) is 20. The average molecular weight is 1860 g/mol. The smallest absolute Gasteiger partial charge is 0.245 e. The van der Waals surface area contributed by atoms with Crippen molar-refractivity contribution in [3.63, 3.8) is 0 Å². The minimum Gasteiger partial charge on any atom is -0.394 e. The van der Waals surface area contributed by atoms with Crippen LogP contribution in [0.1, 0.15) is 85.8 Å². The van der Waals surface area contributed by atoms with Crippen LogP contribution in [-0.2, 0) is 99.1 Å². The minimum atomic E-state index is -1.65. The first-order chi connectivity index (χ1) is 61.5. The molecule has 0 aliphatic rings. The molecule has 54 heteroatoms. The fourth-order valence-corrected chi connectivity index (χ4v) is 11.7. The van der Waals surface area contributed by atoms with Gasteiger partial charge >= 0.3 is 0 Å². The number of carbonyl (C=O) groups is 18. The van der Waals surface area contributed by atoms with Crippen molar-refractivity contribution in [1.29, 1.82) is 0 Å². The summed E-state index contributed by atoms with van der Waals surface area (Å²) in [5.41, 5.74) is 39.9. The van der Waals surface area contributed by atoms with Crippen LogP contribution in [0.2, 0.25) is 0 Å². The van der Waals surface area contributed by atoms with Gasteiger partial charge in [0.15, 0.2) is 23.5 Å². The van der Waals surface area contributed by atoms with E-state index in [1.54, 1.807) is 12.4 Å². The molecule has 0 aliphatic heterocycles. The van der Waals surface area contributed by atoms with E-state index < -0.39 is 269 Å². The zero-order valence-electron chi connectivity index (χ0n) is 72.3. The van der Waals surface area contributed by atoms with Crippen LogP contribution in [0.3, 0.4) is 0 Å². The van der Waals surface area contributed by atoms with Crippen molar-refractivity contribution in [3.05, 3.63) is 72.1 Å². The second-order valence-electron chi connectivity index (χ2n) is 29.5. The number of hydrogen-bond donors (Lipinski definition) is 34. The predicted molar refractivity (Wildman–Crippen MR) is 471 cm³/mol. The van der Waals surface area contributed by atoms with Gasteiger partial charge in [0, 0.05) is 60.1 Å². The first-order valence-electron chi connectivity index (χ1n) is 40.6. The van der Waals surface area contributed by atoms with Crippen LogP contribution >= 0.6 is 0 Å². The maximum atomic E-state index is 13.0. The van der Waals surface area contributed by atoms with E-state index in [1.807, 2.05) is 48.5 Å². The second kappa shape index (κ2) is 58.8. The number of ketones is 2. The zero-order chi connectivity index (χ0) is 97.6. The van der Waals surface area contributed by atoms with Gasteiger partial charge in [-0.25, -0.2) is 10.9 Å². The topological polar surface area (TPSA) is 910 Å². The van der Waals surface area contributed by atoms with Gasteiger partial charge in [-0.2, -0.15) is 0 Å². The van der Waals surface area contributed by atoms with Crippen molar-refractivity contribution in [2.24, 2.45) is 56.1 Å². The second-order valence-corrected chi connectivity index (χ2v) is 29.5. The number of aromatic nitrogens is 2. The quantitative estimate of drug-likeness (QED) is 0.00642. The van der Waals surface area contributed by atoms with Crippen LogP contribution in [0.25, 0.3) is 21.8 Å². The van der Waals surface area contributed by atoms with E-state index in [0.29, 0.717) is 6.42 Å². The fraction of sp³-hybridized carbons (Fsp3) is 0.532. The van der Waals surface area contributed by atoms with Crippen LogP contribution in [0.5, 0.6) is 0 Å². The Kier molecular flexibility index (Phi) is 51.0. The number of aliphatic hydroxyl groups excluding tert-OH is 6. The summed E-state index contributed by atoms with van der Waals surface area (Å²) in [4.78, 5) is 242. The Hall–Kier alpha value is -13.6. The molecule has 16 atom stereocenters. The Morgan fingerprint density at radius 2 is 0.595 bits per heavy atom. The van der Waals surface area contributed by atoms with Gasteiger partial charge in [0.05, 0.1) is 77.9 Å². The van der Waals surface area contributed by atoms with E-state index in [-0.39, 0.29) is 64.5 Å². The number of benzene rings is 2. The number of carbonyl (C=O) groups excluding carboxylic acids is 18. The number of hydrazine groups is 2. The lowest BCUT2D eigenvalue weighted by molar-refractivity contribution is -0.134. The van der Waals surface area contributed by atoms with E-state index in [9.17, 15) is 117 Å². The summed E-state index contributed by atoms with van der Waals surface area (Å²) >= 11 is 0. The molecule has 4 aromatic rings. The summed E-state index contributed by atoms with van der Waals surface area (Å²) in [6.45, 7) is -0.0508. The van der Waals surface area contributed by atoms with Crippen molar-refractivity contribution in [2.75, 3.05) is 78.9 Å². The highest BCUT2D eigenvalue weighted by molar-refractivity contribution is 6.00. The number of para-hydroxylation sites is 2. The number of aliphatic hydroxyl groups is 6. The van der Waals surface area contributed by atoms with Crippen molar-refractivity contribution in [3.8, 4) is 0 Å². The monoisotopic (exact) mass is 1850 g/mol. The molecule has 0 spiro atoms. The minimum absolute atomic E-state index is 0. The first-order valence-corrected chi connectivity index (χ1v) is 40.6. The maximum absolute atomic E-state index is 13.0. The summed E-state index contributed by atoms with van der Waals surface area (Å²) in [6.07, 6.45) is 4.63. The molecular weight excluding hydrogens is 1730 g/mol. The molecule has 2 aromatic carbocycles. The fourth-order valence-electron chi connectivity index (χ4n) is 11.7. The van der Waals surface area contributed by atoms with Gasteiger partial charge in [0.1, 0.15) is 84.6 Å². The van der Waals surface area contributed by atoms with Gasteiger partial charge in [-0.1, -0.05) is 43.8 Å². The van der Waals surface area contributed by atoms with Gasteiger partial charge < -0.3 is 149 Å². The number of aromatic amines is 2. The molecule has 2 aromatic heterocycles. The van der Waals surface area contributed by atoms with Crippen LogP contribution < -0.4 is 142 Å². The van der Waals surface area contributed by atoms with E-state index >= 15 is 0 Å². The van der Waals surface area contributed by atoms with E-state index in [4.69, 9.17) is 46.1 Å². The number of hydrogen-bond acceptors (Lipinski definition) is 32. The van der Waals surface area contributed by atoms with Crippen molar-refractivity contribution < 1.29 is 117 Å². The summed E-state index contributed by atoms with van der Waals surface area (Å²) in [5, 5.41) is 97.7. The molecule has 16 amide bonds. The number of fused-ring (bicyclic) bond motifs is 2. The predicted octanol–water partition coefficient (Wildman–Crippen LogP) is -16.0. The average Bonchev–Trinajstić information content (AvgIpc) is 1.69. The lowest BCUT2D eigenvalue weighted by Gasteiger charge is -2.24. The van der Waals surface area contributed by atoms with E-state index in [0.717, 1.165) is 32.9 Å². The highest BCUT2D eigenvalue weighted by atomic mass is 16.3. The summed E-state index contributed by atoms with van der Waals surface area (Å²) in [7, 11) is 0. The molecule has 131 heavy (non-hydrogen) atoms. The number of nitrogens with two attached hydrogens (primary N) is 8. The normalized spacial score (nSPS) is 14.6. The van der Waals surface area contributed by atoms with Crippen molar-refractivity contribution in [1.82, 2.24) is 106 Å². The van der Waals surface area contributed by atoms with Crippen molar-refractivity contribution in [2.45, 2.75) is 184 Å². The lowest BCUT2D eigenvalue weighted by Crippen LogP contribution is -2.58. The highest BCUT2D eigenvalue weighted by Gasteiger charge is 2.35. The molecule has 42 N–H and O–H groups in total. The maximum Gasteiger partial charge on any atom is 0.245 e. The third kappa shape index (κ3) is 39.5. The molecule has 54 nitrogen and oxygen atoms in total. The molecule has 5 unspecified atom stereocenters. The molecule has 0 saturated heterocycles. The SMILES string of the molecule is C.CC(N[C@@H](CO)C(=O)NC(C)C(=O)N[C@@H](CCCN=C(N)N)C(N)=O)C(=O)CNC(=O)[C@H](CO)NC(=O)[C@H](C)NC(=O)[C@H](Cc1c[nH]c2ccccc12)NN.CC(N[C@@H](CO)C(=O)NCC(=O)N[C@@H](CO)C(=O)NC(C)C(=O)N[C@@H](CCCN=C(N)N)C(N)=O)C(=O)CNC(=O)[C@H](CO)NC(=O)CNC(=O)[C@H](CO)NC(=O)C(C)NC(=O)[C@H](Cc1c[nH]c2ccccc12)NN. The van der Waals surface area contributed by atoms with Gasteiger partial charge in [-0.05, 0) is 90.5 Å². The molecular formula is C77H126N30O24. The number of Topliss-reactive ketones (excluding diaryl/α,β-unsaturated/α-hetero) is 2. The van der Waals surface area contributed by atoms with Crippen LogP contribution in [0.15, 0.2) is 70.9 Å². The Bertz CT molecular complexity index is 4580. The zero-order valence-corrected chi connectivity index (χ0v) is 72.3. The standard InChI is InChI=1S/C43H69N17O15.C33H53N13O9.CH4/c1-20(53-28(16-61)38(71)51-15-34(67)57-31(19-64)42(75)55-21(2)36(69)58-26(35(44)68)9-6-10-48-43(45)46)32(65)13-50-39(72)29(17-62)56-33(66)14-52-40(73)30(18-63)59-37(70)22(3)54-41(74)27(60-47)11-23-12-49-25-8-5-4-7-24(23)25;1-16(41-25(15-48)32(55)43-17(2)28(51)44-22(27(34)50)9-6-10-38-33(35)36)26(49)13-40-30(53)24(14-47)45-29(52)18(3)42-31(54)23(46-37)11-19-12-39-21-8-5-4-7-20(19)21;/h4-5,7-8,12,20-22,26-31,49,53,60-64H,6,9-11,13-19,47H2,1-3H3,(H2,44,68)(H,50,72)(H,51,71)(H,52,73)(H,54,74)(H,55,75)(H,56,66)(H,57,67)(H,58,69)(H,59,70)(H4,45,46,48);4-5,7-8,12,16-18,22-25,39,41,46-48H,6,9-11,13-15,37H2,1-3H3,(H2,34,50)(H,40,53)(H,42,54)(H,43,55)(H,44,51)(H,45,52)(H4,35,36,38);1H4/t20?,21?,22?,26-,27-,28-,29-,30-,31-;16?,17?,18-,22-,23-,24-,25-;/m00./s1. The Morgan fingerprint density at radius 3 is 0.901 bits per heavy atom. The van der Waals surface area contributed by atoms with E-state index in [2.05, 4.69) is 116 Å². The van der Waals surface area contributed by atoms with E-state index in [1.165, 1.54) is 41.5 Å². The number of amides is 16. The summed E-state index contributed by atoms with van der Waals surface area (Å²) < 4.78 is 0. The first kappa shape index (κ1) is 114. The number of nitrogens with zero attached hydrogens (tertiary/aromatic N) is 2. The summed E-state index contributed by atoms with van der Waals surface area (Å²) in [5.74, 6) is -4.52. The third-order valence-corrected chi connectivity index (χ3v) is 19.3. The molecule has 0 aliphatic carbocycles. The van der Waals surface area contributed by atoms with Gasteiger partial charge in [-0.15, -0.1) is 0 Å². The van der Waals surface area contributed by atoms with Crippen LogP contribution in [0.4, 0.5) is 0 Å². The van der Waals surface area contributed by atoms with Gasteiger partial charge in [0.25, 0.3) is 0 Å². The summed E-state index contributed by atoms with van der Waals surface area (Å²) in [6, 6.07) is -5.59. The van der Waals surface area contributed by atoms with Gasteiger partial charge in [-0.3, -0.25) is 119 Å². The molecule has 0 radical (unpaired) electrons. The molecule has 0 bridgehead atoms. The number of primary amides is 2. The lowest BCUT2D eigenvalue weighted by atomic mass is 10.0. The molecule has 4 rings (SSSR count). The van der Waals surface area contributed by atoms with Crippen LogP contribution in [-0.4, -0.2) is 334 Å². The van der Waals surface area contributed by atoms with Crippen molar-refractivity contribution >= 4 is 140 Å². The third-order valence-electron chi connectivity index (χ3n) is 19.3. The molecule has 728 valence electrons. The van der Waals surface area contributed by atoms with Gasteiger partial charge in [0.2, 0.25) is 94.5 Å². The Morgan fingerprint density at radius 1 is 0.328 bits per heavy atom. The van der Waals surface area contributed by atoms with Crippen LogP contribution in [0, 0.1) is 0 Å². The number of H-pyrrole nitrogens is 2. The molecule has 0 fully saturated rings. The largest absolute Gasteiger partial charge is 0.394 e. The number of guanidine groups is 2. The Labute approximate surface area is 751 Å². The number of aliphatic imine (C=N–C) groups is 2. The molecule has 0 saturated carbocycles. The number of rotatable bonds is 58. The Balaban J connectivity index is 0.000000921.